The maximum absolute atomic E-state index is 5.76. The van der Waals surface area contributed by atoms with E-state index in [1.165, 1.54) is 72.9 Å². The maximum atomic E-state index is 5.76. The zero-order chi connectivity index (χ0) is 39.3. The Balaban J connectivity index is 1.08. The van der Waals surface area contributed by atoms with Crippen molar-refractivity contribution in [3.63, 3.8) is 0 Å². The first-order chi connectivity index (χ1) is 29.0. The van der Waals surface area contributed by atoms with Crippen LogP contribution in [0.5, 0.6) is 0 Å². The Hall–Kier alpha value is -6.82. The van der Waals surface area contributed by atoms with Crippen molar-refractivity contribution in [2.75, 3.05) is 0 Å². The van der Waals surface area contributed by atoms with Crippen LogP contribution in [0, 0.1) is 0 Å². The Morgan fingerprint density at radius 2 is 1.07 bits per heavy atom. The molecule has 278 valence electrons. The van der Waals surface area contributed by atoms with Crippen LogP contribution < -0.4 is 17.7 Å². The molecular formula is C55H39GeN3. The van der Waals surface area contributed by atoms with Crippen LogP contribution in [0.1, 0.15) is 25.0 Å². The summed E-state index contributed by atoms with van der Waals surface area (Å²) >= 11 is -3.65. The summed E-state index contributed by atoms with van der Waals surface area (Å²) in [5.74, 6) is 0.753. The van der Waals surface area contributed by atoms with Crippen molar-refractivity contribution < 1.29 is 0 Å². The molecule has 2 aromatic heterocycles. The minimum absolute atomic E-state index is 0.0918. The average Bonchev–Trinajstić information content (AvgIpc) is 3.87. The summed E-state index contributed by atoms with van der Waals surface area (Å²) in [7, 11) is 0. The molecule has 3 nitrogen and oxygen atoms in total. The normalized spacial score (nSPS) is 14.2. The van der Waals surface area contributed by atoms with Crippen LogP contribution in [0.4, 0.5) is 0 Å². The van der Waals surface area contributed by atoms with Crippen molar-refractivity contribution in [2.24, 2.45) is 0 Å². The van der Waals surface area contributed by atoms with Gasteiger partial charge in [0.25, 0.3) is 0 Å². The summed E-state index contributed by atoms with van der Waals surface area (Å²) in [6, 6.07) is 73.6. The van der Waals surface area contributed by atoms with Crippen LogP contribution in [0.25, 0.3) is 72.4 Å². The predicted octanol–water partition coefficient (Wildman–Crippen LogP) is 10.6. The van der Waals surface area contributed by atoms with Crippen molar-refractivity contribution in [3.05, 3.63) is 211 Å². The van der Waals surface area contributed by atoms with Crippen molar-refractivity contribution in [3.8, 4) is 50.6 Å². The summed E-state index contributed by atoms with van der Waals surface area (Å²) in [5, 5.41) is 2.53. The van der Waals surface area contributed by atoms with Gasteiger partial charge in [-0.15, -0.1) is 0 Å². The van der Waals surface area contributed by atoms with Crippen LogP contribution in [-0.4, -0.2) is 27.8 Å². The molecule has 0 fully saturated rings. The Morgan fingerprint density at radius 3 is 1.80 bits per heavy atom. The Kier molecular flexibility index (Phi) is 7.45. The Labute approximate surface area is 346 Å². The van der Waals surface area contributed by atoms with Crippen molar-refractivity contribution >= 4 is 52.8 Å². The summed E-state index contributed by atoms with van der Waals surface area (Å²) in [5.41, 5.74) is 14.4. The average molecular weight is 815 g/mol. The Bertz CT molecular complexity index is 3240. The minimum atomic E-state index is -3.65. The van der Waals surface area contributed by atoms with Crippen LogP contribution in [0.15, 0.2) is 200 Å². The van der Waals surface area contributed by atoms with Gasteiger partial charge < -0.3 is 0 Å². The molecule has 0 saturated heterocycles. The molecule has 4 heteroatoms. The molecule has 10 aromatic rings. The third-order valence-corrected chi connectivity index (χ3v) is 23.0. The zero-order valence-electron chi connectivity index (χ0n) is 32.9. The van der Waals surface area contributed by atoms with Gasteiger partial charge in [0.05, 0.1) is 0 Å². The molecule has 12 rings (SSSR count). The molecule has 0 bridgehead atoms. The van der Waals surface area contributed by atoms with Gasteiger partial charge in [0.1, 0.15) is 0 Å². The van der Waals surface area contributed by atoms with E-state index in [0.717, 1.165) is 28.3 Å². The van der Waals surface area contributed by atoms with Gasteiger partial charge in [-0.05, 0) is 11.1 Å². The molecule has 0 unspecified atom stereocenters. The zero-order valence-corrected chi connectivity index (χ0v) is 35.0. The van der Waals surface area contributed by atoms with Gasteiger partial charge >= 0.3 is 299 Å². The van der Waals surface area contributed by atoms with Gasteiger partial charge in [0, 0.05) is 0 Å². The van der Waals surface area contributed by atoms with E-state index >= 15 is 0 Å². The van der Waals surface area contributed by atoms with Crippen LogP contribution in [-0.2, 0) is 5.41 Å². The first-order valence-corrected chi connectivity index (χ1v) is 24.7. The van der Waals surface area contributed by atoms with E-state index in [1.54, 1.807) is 0 Å². The van der Waals surface area contributed by atoms with E-state index in [1.807, 2.05) is 0 Å². The molecular weight excluding hydrogens is 775 g/mol. The molecule has 1 aliphatic carbocycles. The predicted molar refractivity (Wildman–Crippen MR) is 247 cm³/mol. The molecule has 0 atom stereocenters. The second-order valence-corrected chi connectivity index (χ2v) is 24.2. The van der Waals surface area contributed by atoms with Crippen molar-refractivity contribution in [1.29, 1.82) is 0 Å². The number of hydrogen-bond donors (Lipinski definition) is 0. The monoisotopic (exact) mass is 815 g/mol. The van der Waals surface area contributed by atoms with E-state index in [2.05, 4.69) is 219 Å². The molecule has 59 heavy (non-hydrogen) atoms. The first kappa shape index (κ1) is 34.2. The fraction of sp³-hybridized carbons (Fsp3) is 0.0545. The van der Waals surface area contributed by atoms with E-state index in [0.29, 0.717) is 0 Å². The standard InChI is InChI=1S/C55H39GeN3/c1-55(2)46-27-15-12-24-41(46)44-34-45-42-25-14-17-29-49(42)59(50(45)35-47(44)55)40-32-30-37(31-33-40)54-57-52(36-18-6-3-7-19-36)51-43-26-13-16-28-48(43)56(53(51)58-54,38-20-8-4-9-21-38)39-22-10-5-11-23-39/h3-35H,1-2H3. The molecule has 8 aromatic carbocycles. The SMILES string of the molecule is CC1(C)c2ccccc2-c2cc3c4ccccc4n(-c4ccc(-c5nc(-c6ccccc6)c6[c](n5)[Ge]([c]5ccccc5)([c]5ccccc5)[c]5ccccc5-6)cc4)c3cc21. The molecule has 1 aliphatic heterocycles. The number of benzene rings is 8. The second-order valence-electron chi connectivity index (χ2n) is 16.5. The number of rotatable bonds is 5. The van der Waals surface area contributed by atoms with Crippen molar-refractivity contribution in [1.82, 2.24) is 14.5 Å². The van der Waals surface area contributed by atoms with Gasteiger partial charge in [0.15, 0.2) is 0 Å². The molecule has 0 radical (unpaired) electrons. The molecule has 0 amide bonds. The second kappa shape index (κ2) is 12.8. The van der Waals surface area contributed by atoms with Crippen LogP contribution >= 0.6 is 0 Å². The van der Waals surface area contributed by atoms with Gasteiger partial charge in [-0.1, -0.05) is 38.1 Å². The van der Waals surface area contributed by atoms with Gasteiger partial charge in [-0.3, -0.25) is 0 Å². The van der Waals surface area contributed by atoms with Gasteiger partial charge in [-0.25, -0.2) is 0 Å². The number of nitrogens with zero attached hydrogens (tertiary/aromatic N) is 3. The fourth-order valence-corrected chi connectivity index (χ4v) is 20.9. The first-order valence-electron chi connectivity index (χ1n) is 20.5. The van der Waals surface area contributed by atoms with E-state index < -0.39 is 13.3 Å². The summed E-state index contributed by atoms with van der Waals surface area (Å²) in [6.07, 6.45) is 0. The van der Waals surface area contributed by atoms with Gasteiger partial charge in [0.2, 0.25) is 0 Å². The van der Waals surface area contributed by atoms with Crippen LogP contribution in [0.3, 0.4) is 0 Å². The summed E-state index contributed by atoms with van der Waals surface area (Å²) < 4.78 is 7.77. The summed E-state index contributed by atoms with van der Waals surface area (Å²) in [6.45, 7) is 4.72. The topological polar surface area (TPSA) is 30.7 Å². The molecule has 0 spiro atoms. The number of aromatic nitrogens is 3. The van der Waals surface area contributed by atoms with E-state index in [9.17, 15) is 0 Å². The third-order valence-electron chi connectivity index (χ3n) is 13.1. The van der Waals surface area contributed by atoms with E-state index in [4.69, 9.17) is 9.97 Å². The Morgan fingerprint density at radius 1 is 0.458 bits per heavy atom. The van der Waals surface area contributed by atoms with E-state index in [-0.39, 0.29) is 5.41 Å². The molecule has 0 saturated carbocycles. The molecule has 3 heterocycles. The van der Waals surface area contributed by atoms with Crippen LogP contribution in [0.2, 0.25) is 0 Å². The number of para-hydroxylation sites is 1. The summed E-state index contributed by atoms with van der Waals surface area (Å²) in [4.78, 5) is 11.3. The molecule has 2 aliphatic rings. The molecule has 0 N–H and O–H groups in total. The third kappa shape index (κ3) is 4.83. The van der Waals surface area contributed by atoms with Gasteiger partial charge in [-0.2, -0.15) is 0 Å². The van der Waals surface area contributed by atoms with Crippen molar-refractivity contribution in [2.45, 2.75) is 19.3 Å². The fourth-order valence-electron chi connectivity index (χ4n) is 10.4. The number of hydrogen-bond acceptors (Lipinski definition) is 2. The quantitative estimate of drug-likeness (QED) is 0.162. The number of fused-ring (bicyclic) bond motifs is 9.